The summed E-state index contributed by atoms with van der Waals surface area (Å²) < 4.78 is 4.84. The van der Waals surface area contributed by atoms with Gasteiger partial charge in [0, 0.05) is 32.9 Å². The van der Waals surface area contributed by atoms with Crippen LogP contribution in [0.25, 0.3) is 77.2 Å². The number of para-hydroxylation sites is 2. The second-order valence-corrected chi connectivity index (χ2v) is 11.4. The van der Waals surface area contributed by atoms with Crippen LogP contribution in [0.3, 0.4) is 0 Å². The Morgan fingerprint density at radius 3 is 1.57 bits per heavy atom. The van der Waals surface area contributed by atoms with Gasteiger partial charge in [0.1, 0.15) is 0 Å². The molecule has 0 saturated carbocycles. The minimum atomic E-state index is 1.15. The van der Waals surface area contributed by atoms with Gasteiger partial charge < -0.3 is 9.13 Å². The molecule has 206 valence electrons. The van der Waals surface area contributed by atoms with Crippen molar-refractivity contribution in [3.8, 4) is 33.6 Å². The molecule has 44 heavy (non-hydrogen) atoms. The fourth-order valence-electron chi connectivity index (χ4n) is 6.97. The lowest BCUT2D eigenvalue weighted by atomic mass is 9.99. The third-order valence-electron chi connectivity index (χ3n) is 8.93. The molecular weight excluding hydrogens is 532 g/mol. The molecule has 9 aromatic rings. The van der Waals surface area contributed by atoms with Crippen molar-refractivity contribution in [1.29, 1.82) is 0 Å². The maximum Gasteiger partial charge on any atom is 0.0561 e. The van der Waals surface area contributed by atoms with E-state index in [0.717, 1.165) is 11.4 Å². The summed E-state index contributed by atoms with van der Waals surface area (Å²) in [6.07, 6.45) is 0. The van der Waals surface area contributed by atoms with Crippen LogP contribution in [0.1, 0.15) is 0 Å². The maximum absolute atomic E-state index is 2.43. The van der Waals surface area contributed by atoms with Crippen LogP contribution >= 0.6 is 0 Å². The fourth-order valence-corrected chi connectivity index (χ4v) is 6.97. The van der Waals surface area contributed by atoms with E-state index in [1.807, 2.05) is 0 Å². The van der Waals surface area contributed by atoms with Gasteiger partial charge in [0.25, 0.3) is 0 Å². The predicted molar refractivity (Wildman–Crippen MR) is 186 cm³/mol. The van der Waals surface area contributed by atoms with E-state index in [1.54, 1.807) is 0 Å². The van der Waals surface area contributed by atoms with Crippen molar-refractivity contribution in [2.75, 3.05) is 0 Å². The van der Waals surface area contributed by atoms with Gasteiger partial charge >= 0.3 is 0 Å². The summed E-state index contributed by atoms with van der Waals surface area (Å²) in [6.45, 7) is 0. The molecule has 2 heterocycles. The van der Waals surface area contributed by atoms with E-state index in [-0.39, 0.29) is 0 Å². The summed E-state index contributed by atoms with van der Waals surface area (Å²) >= 11 is 0. The molecule has 0 aliphatic carbocycles. The molecule has 0 fully saturated rings. The SMILES string of the molecule is c1ccc(-c2ccc(-n3c4ccccc4c4ccc(-n5c6ccccc6c6c(-c7ccccc7)cccc65)cc43)cc2)cc1. The van der Waals surface area contributed by atoms with E-state index < -0.39 is 0 Å². The predicted octanol–water partition coefficient (Wildman–Crippen LogP) is 11.2. The third-order valence-corrected chi connectivity index (χ3v) is 8.93. The van der Waals surface area contributed by atoms with Gasteiger partial charge in [-0.1, -0.05) is 127 Å². The first kappa shape index (κ1) is 24.7. The normalized spacial score (nSPS) is 11.6. The Morgan fingerprint density at radius 2 is 0.818 bits per heavy atom. The number of aromatic nitrogens is 2. The summed E-state index contributed by atoms with van der Waals surface area (Å²) in [7, 11) is 0. The highest BCUT2D eigenvalue weighted by Crippen LogP contribution is 2.40. The van der Waals surface area contributed by atoms with Gasteiger partial charge in [0.15, 0.2) is 0 Å². The van der Waals surface area contributed by atoms with Crippen LogP contribution < -0.4 is 0 Å². The number of nitrogens with zero attached hydrogens (tertiary/aromatic N) is 2. The van der Waals surface area contributed by atoms with Crippen LogP contribution in [0.15, 0.2) is 170 Å². The van der Waals surface area contributed by atoms with Crippen molar-refractivity contribution in [3.63, 3.8) is 0 Å². The molecule has 9 rings (SSSR count). The molecule has 0 spiro atoms. The number of fused-ring (bicyclic) bond motifs is 6. The van der Waals surface area contributed by atoms with Crippen LogP contribution in [0, 0.1) is 0 Å². The second-order valence-electron chi connectivity index (χ2n) is 11.4. The molecule has 0 bridgehead atoms. The van der Waals surface area contributed by atoms with Gasteiger partial charge in [-0.2, -0.15) is 0 Å². The highest BCUT2D eigenvalue weighted by atomic mass is 15.0. The molecule has 0 unspecified atom stereocenters. The number of benzene rings is 7. The van der Waals surface area contributed by atoms with Crippen LogP contribution in [0.4, 0.5) is 0 Å². The number of hydrogen-bond donors (Lipinski definition) is 0. The standard InChI is InChI=1S/C42H28N2/c1-3-12-29(13-4-1)30-22-24-32(25-23-30)43-38-19-9-7-16-35(38)36-27-26-33(28-41(36)43)44-39-20-10-8-17-37(39)42-34(18-11-21-40(42)44)31-14-5-2-6-15-31/h1-28H. The summed E-state index contributed by atoms with van der Waals surface area (Å²) in [4.78, 5) is 0. The van der Waals surface area contributed by atoms with Crippen molar-refractivity contribution in [2.45, 2.75) is 0 Å². The van der Waals surface area contributed by atoms with Gasteiger partial charge in [-0.3, -0.25) is 0 Å². The Balaban J connectivity index is 1.30. The van der Waals surface area contributed by atoms with Crippen molar-refractivity contribution in [1.82, 2.24) is 9.13 Å². The van der Waals surface area contributed by atoms with Gasteiger partial charge in [0.05, 0.1) is 22.1 Å². The average molecular weight is 561 g/mol. The summed E-state index contributed by atoms with van der Waals surface area (Å²) in [6, 6.07) is 61.4. The van der Waals surface area contributed by atoms with Crippen LogP contribution in [-0.4, -0.2) is 9.13 Å². The summed E-state index contributed by atoms with van der Waals surface area (Å²) in [5, 5.41) is 5.06. The van der Waals surface area contributed by atoms with E-state index >= 15 is 0 Å². The first-order chi connectivity index (χ1) is 21.8. The minimum Gasteiger partial charge on any atom is -0.309 e. The van der Waals surface area contributed by atoms with Crippen LogP contribution in [0.2, 0.25) is 0 Å². The first-order valence-corrected chi connectivity index (χ1v) is 15.1. The molecule has 2 heteroatoms. The van der Waals surface area contributed by atoms with E-state index in [9.17, 15) is 0 Å². The van der Waals surface area contributed by atoms with Crippen molar-refractivity contribution in [2.24, 2.45) is 0 Å². The summed E-state index contributed by atoms with van der Waals surface area (Å²) in [5.41, 5.74) is 12.1. The smallest absolute Gasteiger partial charge is 0.0561 e. The number of rotatable bonds is 4. The minimum absolute atomic E-state index is 1.15. The molecule has 0 aliphatic rings. The molecule has 2 nitrogen and oxygen atoms in total. The molecule has 0 radical (unpaired) electrons. The van der Waals surface area contributed by atoms with Gasteiger partial charge in [-0.05, 0) is 64.7 Å². The van der Waals surface area contributed by atoms with E-state index in [2.05, 4.69) is 179 Å². The molecule has 7 aromatic carbocycles. The molecule has 0 amide bonds. The van der Waals surface area contributed by atoms with Crippen molar-refractivity contribution >= 4 is 43.6 Å². The first-order valence-electron chi connectivity index (χ1n) is 15.1. The van der Waals surface area contributed by atoms with E-state index in [4.69, 9.17) is 0 Å². The Kier molecular flexibility index (Phi) is 5.54. The molecular formula is C42H28N2. The fraction of sp³-hybridized carbons (Fsp3) is 0. The van der Waals surface area contributed by atoms with Gasteiger partial charge in [-0.15, -0.1) is 0 Å². The maximum atomic E-state index is 2.43. The van der Waals surface area contributed by atoms with Crippen LogP contribution in [0.5, 0.6) is 0 Å². The summed E-state index contributed by atoms with van der Waals surface area (Å²) in [5.74, 6) is 0. The zero-order chi connectivity index (χ0) is 29.0. The van der Waals surface area contributed by atoms with Gasteiger partial charge in [-0.25, -0.2) is 0 Å². The zero-order valence-electron chi connectivity index (χ0n) is 24.1. The Morgan fingerprint density at radius 1 is 0.295 bits per heavy atom. The Hall–Kier alpha value is -5.86. The lowest BCUT2D eigenvalue weighted by molar-refractivity contribution is 1.15. The van der Waals surface area contributed by atoms with Gasteiger partial charge in [0.2, 0.25) is 0 Å². The number of hydrogen-bond acceptors (Lipinski definition) is 0. The highest BCUT2D eigenvalue weighted by molar-refractivity contribution is 6.16. The second kappa shape index (κ2) is 9.86. The van der Waals surface area contributed by atoms with E-state index in [1.165, 1.54) is 65.9 Å². The van der Waals surface area contributed by atoms with E-state index in [0.29, 0.717) is 0 Å². The average Bonchev–Trinajstić information content (AvgIpc) is 3.62. The Labute approximate surface area is 255 Å². The monoisotopic (exact) mass is 560 g/mol. The molecule has 0 atom stereocenters. The molecule has 0 aliphatic heterocycles. The topological polar surface area (TPSA) is 9.86 Å². The third kappa shape index (κ3) is 3.75. The van der Waals surface area contributed by atoms with Crippen LogP contribution in [-0.2, 0) is 0 Å². The molecule has 2 aromatic heterocycles. The lowest BCUT2D eigenvalue weighted by Gasteiger charge is -2.12. The van der Waals surface area contributed by atoms with Crippen molar-refractivity contribution < 1.29 is 0 Å². The largest absolute Gasteiger partial charge is 0.309 e. The Bertz CT molecular complexity index is 2460. The quantitative estimate of drug-likeness (QED) is 0.203. The highest BCUT2D eigenvalue weighted by Gasteiger charge is 2.18. The molecule has 0 N–H and O–H groups in total. The zero-order valence-corrected chi connectivity index (χ0v) is 24.1. The van der Waals surface area contributed by atoms with Crippen molar-refractivity contribution in [3.05, 3.63) is 170 Å². The lowest BCUT2D eigenvalue weighted by Crippen LogP contribution is -1.97. The molecule has 0 saturated heterocycles.